The fourth-order valence-electron chi connectivity index (χ4n) is 4.92. The highest BCUT2D eigenvalue weighted by molar-refractivity contribution is 5.41. The Morgan fingerprint density at radius 3 is 1.52 bits per heavy atom. The van der Waals surface area contributed by atoms with Crippen LogP contribution >= 0.6 is 0 Å². The highest BCUT2D eigenvalue weighted by Crippen LogP contribution is 2.20. The van der Waals surface area contributed by atoms with Gasteiger partial charge in [0.15, 0.2) is 0 Å². The molecule has 0 aromatic heterocycles. The molecule has 0 saturated heterocycles. The molecule has 1 heteroatoms. The summed E-state index contributed by atoms with van der Waals surface area (Å²) in [5.41, 5.74) is 12.5. The maximum absolute atomic E-state index is 5.82. The molecule has 2 N–H and O–H groups in total. The van der Waals surface area contributed by atoms with Crippen molar-refractivity contribution in [3.63, 3.8) is 0 Å². The molecule has 0 saturated carbocycles. The van der Waals surface area contributed by atoms with Gasteiger partial charge in [-0.05, 0) is 60.1 Å². The Bertz CT molecular complexity index is 731. The van der Waals surface area contributed by atoms with E-state index < -0.39 is 0 Å². The van der Waals surface area contributed by atoms with Gasteiger partial charge in [0, 0.05) is 5.69 Å². The number of anilines is 1. The van der Waals surface area contributed by atoms with Gasteiger partial charge in [0.25, 0.3) is 0 Å². The molecule has 2 aromatic rings. The molecule has 0 atom stereocenters. The molecule has 2 rings (SSSR count). The maximum atomic E-state index is 5.82. The quantitative estimate of drug-likeness (QED) is 0.167. The second kappa shape index (κ2) is 17.7. The average Bonchev–Trinajstić information content (AvgIpc) is 2.83. The van der Waals surface area contributed by atoms with E-state index >= 15 is 0 Å². The lowest BCUT2D eigenvalue weighted by Gasteiger charge is -2.11. The van der Waals surface area contributed by atoms with Crippen LogP contribution in [0.5, 0.6) is 0 Å². The van der Waals surface area contributed by atoms with E-state index in [1.165, 1.54) is 119 Å². The number of hydrogen-bond donors (Lipinski definition) is 1. The van der Waals surface area contributed by atoms with Crippen molar-refractivity contribution < 1.29 is 0 Å². The summed E-state index contributed by atoms with van der Waals surface area (Å²) in [4.78, 5) is 0. The molecule has 0 unspecified atom stereocenters. The van der Waals surface area contributed by atoms with E-state index in [1.807, 2.05) is 12.1 Å². The van der Waals surface area contributed by atoms with Crippen LogP contribution < -0.4 is 5.73 Å². The summed E-state index contributed by atoms with van der Waals surface area (Å²) in [6.07, 6.45) is 24.8. The second-order valence-corrected chi connectivity index (χ2v) is 10.1. The Morgan fingerprint density at radius 1 is 0.515 bits per heavy atom. The number of benzene rings is 2. The molecule has 0 bridgehead atoms. The Kier molecular flexibility index (Phi) is 14.7. The fraction of sp³-hybridized carbons (Fsp3) is 0.625. The SMILES string of the molecule is CCCCCCCCCCCCCCCCCc1ccc(Cc2ccc(N)cc2)cc1CC. The summed E-state index contributed by atoms with van der Waals surface area (Å²) >= 11 is 0. The molecule has 0 aliphatic carbocycles. The molecule has 0 spiro atoms. The van der Waals surface area contributed by atoms with Crippen LogP contribution in [0.15, 0.2) is 42.5 Å². The van der Waals surface area contributed by atoms with Crippen LogP contribution in [0, 0.1) is 0 Å². The van der Waals surface area contributed by atoms with Crippen LogP contribution in [0.3, 0.4) is 0 Å². The third kappa shape index (κ3) is 12.3. The first-order chi connectivity index (χ1) is 16.2. The number of nitrogen functional groups attached to an aromatic ring is 1. The summed E-state index contributed by atoms with van der Waals surface area (Å²) < 4.78 is 0. The van der Waals surface area contributed by atoms with Crippen LogP contribution in [0.1, 0.15) is 132 Å². The van der Waals surface area contributed by atoms with Crippen molar-refractivity contribution in [3.8, 4) is 0 Å². The van der Waals surface area contributed by atoms with Crippen molar-refractivity contribution in [3.05, 3.63) is 64.7 Å². The molecule has 0 aliphatic heterocycles. The van der Waals surface area contributed by atoms with Crippen LogP contribution in [-0.2, 0) is 19.3 Å². The van der Waals surface area contributed by atoms with Gasteiger partial charge in [-0.1, -0.05) is 134 Å². The summed E-state index contributed by atoms with van der Waals surface area (Å²) in [5, 5.41) is 0. The third-order valence-corrected chi connectivity index (χ3v) is 7.09. The smallest absolute Gasteiger partial charge is 0.0314 e. The van der Waals surface area contributed by atoms with Gasteiger partial charge in [-0.3, -0.25) is 0 Å². The van der Waals surface area contributed by atoms with Gasteiger partial charge in [0.2, 0.25) is 0 Å². The van der Waals surface area contributed by atoms with E-state index in [0.717, 1.165) is 18.5 Å². The Balaban J connectivity index is 1.51. The molecule has 184 valence electrons. The molecular formula is C32H51N. The number of hydrogen-bond acceptors (Lipinski definition) is 1. The predicted octanol–water partition coefficient (Wildman–Crippen LogP) is 9.84. The van der Waals surface area contributed by atoms with E-state index in [1.54, 1.807) is 5.56 Å². The predicted molar refractivity (Wildman–Crippen MR) is 148 cm³/mol. The van der Waals surface area contributed by atoms with Crippen molar-refractivity contribution in [1.82, 2.24) is 0 Å². The van der Waals surface area contributed by atoms with Gasteiger partial charge in [0.1, 0.15) is 0 Å². The van der Waals surface area contributed by atoms with E-state index in [-0.39, 0.29) is 0 Å². The molecule has 0 amide bonds. The minimum absolute atomic E-state index is 0.840. The summed E-state index contributed by atoms with van der Waals surface area (Å²) in [6, 6.07) is 15.4. The van der Waals surface area contributed by atoms with Crippen molar-refractivity contribution in [2.24, 2.45) is 0 Å². The van der Waals surface area contributed by atoms with Gasteiger partial charge in [-0.15, -0.1) is 0 Å². The maximum Gasteiger partial charge on any atom is 0.0314 e. The minimum Gasteiger partial charge on any atom is -0.399 e. The van der Waals surface area contributed by atoms with Gasteiger partial charge in [-0.2, -0.15) is 0 Å². The topological polar surface area (TPSA) is 26.0 Å². The molecule has 1 nitrogen and oxygen atoms in total. The number of nitrogens with two attached hydrogens (primary N) is 1. The minimum atomic E-state index is 0.840. The number of aryl methyl sites for hydroxylation is 2. The summed E-state index contributed by atoms with van der Waals surface area (Å²) in [7, 11) is 0. The normalized spacial score (nSPS) is 11.2. The van der Waals surface area contributed by atoms with Crippen molar-refractivity contribution in [2.75, 3.05) is 5.73 Å². The fourth-order valence-corrected chi connectivity index (χ4v) is 4.92. The van der Waals surface area contributed by atoms with Crippen molar-refractivity contribution >= 4 is 5.69 Å². The lowest BCUT2D eigenvalue weighted by Crippen LogP contribution is -1.97. The second-order valence-electron chi connectivity index (χ2n) is 10.1. The zero-order chi connectivity index (χ0) is 23.6. The standard InChI is InChI=1S/C32H51N/c1-3-5-6-7-8-9-10-11-12-13-14-15-16-17-18-19-31-23-20-29(27-30(31)4-2)26-28-21-24-32(33)25-22-28/h20-25,27H,3-19,26,33H2,1-2H3. The van der Waals surface area contributed by atoms with Gasteiger partial charge < -0.3 is 5.73 Å². The number of unbranched alkanes of at least 4 members (excludes halogenated alkanes) is 14. The molecule has 0 radical (unpaired) electrons. The summed E-state index contributed by atoms with van der Waals surface area (Å²) in [6.45, 7) is 4.59. The Morgan fingerprint density at radius 2 is 1.00 bits per heavy atom. The zero-order valence-corrected chi connectivity index (χ0v) is 21.8. The van der Waals surface area contributed by atoms with Gasteiger partial charge in [-0.25, -0.2) is 0 Å². The van der Waals surface area contributed by atoms with Crippen LogP contribution in [0.4, 0.5) is 5.69 Å². The Labute approximate surface area is 205 Å². The first-order valence-corrected chi connectivity index (χ1v) is 14.2. The first kappa shape index (κ1) is 27.5. The zero-order valence-electron chi connectivity index (χ0n) is 21.8. The summed E-state index contributed by atoms with van der Waals surface area (Å²) in [5.74, 6) is 0. The molecular weight excluding hydrogens is 398 g/mol. The van der Waals surface area contributed by atoms with Crippen LogP contribution in [0.2, 0.25) is 0 Å². The van der Waals surface area contributed by atoms with Gasteiger partial charge in [0.05, 0.1) is 0 Å². The van der Waals surface area contributed by atoms with Crippen LogP contribution in [0.25, 0.3) is 0 Å². The third-order valence-electron chi connectivity index (χ3n) is 7.09. The molecule has 33 heavy (non-hydrogen) atoms. The largest absolute Gasteiger partial charge is 0.399 e. The highest BCUT2D eigenvalue weighted by atomic mass is 14.5. The Hall–Kier alpha value is -1.76. The van der Waals surface area contributed by atoms with Crippen molar-refractivity contribution in [1.29, 1.82) is 0 Å². The molecule has 0 heterocycles. The van der Waals surface area contributed by atoms with E-state index in [4.69, 9.17) is 5.73 Å². The van der Waals surface area contributed by atoms with Gasteiger partial charge >= 0.3 is 0 Å². The van der Waals surface area contributed by atoms with Crippen LogP contribution in [-0.4, -0.2) is 0 Å². The highest BCUT2D eigenvalue weighted by Gasteiger charge is 2.04. The van der Waals surface area contributed by atoms with E-state index in [9.17, 15) is 0 Å². The van der Waals surface area contributed by atoms with Crippen molar-refractivity contribution in [2.45, 2.75) is 129 Å². The molecule has 0 fully saturated rings. The first-order valence-electron chi connectivity index (χ1n) is 14.2. The lowest BCUT2D eigenvalue weighted by atomic mass is 9.94. The van der Waals surface area contributed by atoms with E-state index in [2.05, 4.69) is 44.2 Å². The lowest BCUT2D eigenvalue weighted by molar-refractivity contribution is 0.532. The average molecular weight is 450 g/mol. The molecule has 2 aromatic carbocycles. The number of rotatable bonds is 19. The monoisotopic (exact) mass is 449 g/mol. The molecule has 0 aliphatic rings. The van der Waals surface area contributed by atoms with E-state index in [0.29, 0.717) is 0 Å².